The van der Waals surface area contributed by atoms with Crippen molar-refractivity contribution in [1.29, 1.82) is 0 Å². The van der Waals surface area contributed by atoms with Crippen molar-refractivity contribution in [2.45, 2.75) is 43.7 Å². The summed E-state index contributed by atoms with van der Waals surface area (Å²) in [5.41, 5.74) is 1.94. The smallest absolute Gasteiger partial charge is 0.243 e. The lowest BCUT2D eigenvalue weighted by Crippen LogP contribution is -2.44. The van der Waals surface area contributed by atoms with Gasteiger partial charge in [0.05, 0.1) is 38.5 Å². The Morgan fingerprint density at radius 2 is 1.75 bits per heavy atom. The fraction of sp³-hybridized carbons (Fsp3) is 0.370. The molecule has 192 valence electrons. The van der Waals surface area contributed by atoms with E-state index in [1.54, 1.807) is 61.8 Å². The standard InChI is InChI=1S/C27H32N2O6S/c1-20-6-11-24(12-7-20)36(31,32)29(22-9-10-22)19-27(30)28(18-23-5-4-16-35-23)15-14-21-8-13-25(33-2)26(17-21)34-3/h4-8,11-13,16-17,22H,9-10,14-15,18-19H2,1-3H3. The van der Waals surface area contributed by atoms with E-state index in [1.165, 1.54) is 4.31 Å². The van der Waals surface area contributed by atoms with E-state index in [1.807, 2.05) is 25.1 Å². The molecule has 8 nitrogen and oxygen atoms in total. The van der Waals surface area contributed by atoms with Crippen molar-refractivity contribution in [3.05, 3.63) is 77.7 Å². The first-order valence-electron chi connectivity index (χ1n) is 11.9. The first-order chi connectivity index (χ1) is 17.3. The van der Waals surface area contributed by atoms with Gasteiger partial charge in [-0.3, -0.25) is 4.79 Å². The highest BCUT2D eigenvalue weighted by molar-refractivity contribution is 7.89. The molecule has 1 heterocycles. The molecule has 0 atom stereocenters. The minimum atomic E-state index is -3.80. The number of aryl methyl sites for hydroxylation is 1. The molecular formula is C27H32N2O6S. The largest absolute Gasteiger partial charge is 0.493 e. The number of sulfonamides is 1. The van der Waals surface area contributed by atoms with Crippen molar-refractivity contribution in [3.63, 3.8) is 0 Å². The van der Waals surface area contributed by atoms with Crippen LogP contribution in [-0.2, 0) is 27.8 Å². The van der Waals surface area contributed by atoms with Gasteiger partial charge in [0.15, 0.2) is 11.5 Å². The number of methoxy groups -OCH3 is 2. The molecule has 1 fully saturated rings. The number of furan rings is 1. The monoisotopic (exact) mass is 512 g/mol. The second kappa shape index (κ2) is 11.2. The van der Waals surface area contributed by atoms with Gasteiger partial charge in [0.2, 0.25) is 15.9 Å². The summed E-state index contributed by atoms with van der Waals surface area (Å²) in [6, 6.07) is 15.8. The Bertz CT molecular complexity index is 1270. The van der Waals surface area contributed by atoms with Crippen LogP contribution >= 0.6 is 0 Å². The molecule has 4 rings (SSSR count). The summed E-state index contributed by atoms with van der Waals surface area (Å²) in [4.78, 5) is 15.4. The molecule has 0 unspecified atom stereocenters. The molecule has 1 amide bonds. The van der Waals surface area contributed by atoms with E-state index in [-0.39, 0.29) is 29.9 Å². The van der Waals surface area contributed by atoms with E-state index in [9.17, 15) is 13.2 Å². The quantitative estimate of drug-likeness (QED) is 0.364. The Hall–Kier alpha value is -3.30. The Morgan fingerprint density at radius 3 is 2.36 bits per heavy atom. The molecule has 0 aliphatic heterocycles. The number of carbonyl (C=O) groups is 1. The molecule has 1 aliphatic carbocycles. The third-order valence-electron chi connectivity index (χ3n) is 6.27. The maximum absolute atomic E-state index is 13.5. The normalized spacial score (nSPS) is 13.6. The highest BCUT2D eigenvalue weighted by atomic mass is 32.2. The van der Waals surface area contributed by atoms with Crippen LogP contribution in [0.15, 0.2) is 70.2 Å². The van der Waals surface area contributed by atoms with Crippen molar-refractivity contribution in [2.24, 2.45) is 0 Å². The number of amides is 1. The van der Waals surface area contributed by atoms with Crippen LogP contribution in [0.2, 0.25) is 0 Å². The Balaban J connectivity index is 1.53. The third-order valence-corrected chi connectivity index (χ3v) is 8.18. The molecule has 0 N–H and O–H groups in total. The van der Waals surface area contributed by atoms with Crippen LogP contribution in [0.25, 0.3) is 0 Å². The van der Waals surface area contributed by atoms with Crippen LogP contribution in [0.3, 0.4) is 0 Å². The van der Waals surface area contributed by atoms with Gasteiger partial charge in [-0.15, -0.1) is 0 Å². The van der Waals surface area contributed by atoms with Gasteiger partial charge in [0.1, 0.15) is 5.76 Å². The van der Waals surface area contributed by atoms with E-state index >= 15 is 0 Å². The average Bonchev–Trinajstić information content (AvgIpc) is 3.59. The molecule has 0 spiro atoms. The zero-order valence-corrected chi connectivity index (χ0v) is 21.7. The number of ether oxygens (including phenoxy) is 2. The van der Waals surface area contributed by atoms with Gasteiger partial charge in [0, 0.05) is 12.6 Å². The molecule has 0 radical (unpaired) electrons. The van der Waals surface area contributed by atoms with Crippen molar-refractivity contribution < 1.29 is 27.1 Å². The highest BCUT2D eigenvalue weighted by Crippen LogP contribution is 2.32. The molecule has 0 saturated heterocycles. The fourth-order valence-corrected chi connectivity index (χ4v) is 5.67. The first kappa shape index (κ1) is 25.8. The molecule has 9 heteroatoms. The Kier molecular flexibility index (Phi) is 8.01. The van der Waals surface area contributed by atoms with Crippen molar-refractivity contribution in [1.82, 2.24) is 9.21 Å². The minimum absolute atomic E-state index is 0.156. The molecule has 3 aromatic rings. The number of benzene rings is 2. The van der Waals surface area contributed by atoms with Gasteiger partial charge in [-0.2, -0.15) is 4.31 Å². The van der Waals surface area contributed by atoms with Crippen LogP contribution in [0, 0.1) is 6.92 Å². The molecule has 1 saturated carbocycles. The zero-order valence-electron chi connectivity index (χ0n) is 20.8. The third kappa shape index (κ3) is 6.09. The van der Waals surface area contributed by atoms with Gasteiger partial charge in [-0.05, 0) is 68.1 Å². The lowest BCUT2D eigenvalue weighted by atomic mass is 10.1. The number of hydrogen-bond donors (Lipinski definition) is 0. The molecule has 0 bridgehead atoms. The predicted molar refractivity (Wildman–Crippen MR) is 135 cm³/mol. The number of rotatable bonds is 12. The second-order valence-corrected chi connectivity index (χ2v) is 10.8. The maximum Gasteiger partial charge on any atom is 0.243 e. The Labute approximate surface area is 212 Å². The SMILES string of the molecule is COc1ccc(CCN(Cc2ccco2)C(=O)CN(C2CC2)S(=O)(=O)c2ccc(C)cc2)cc1OC. The highest BCUT2D eigenvalue weighted by Gasteiger charge is 2.40. The van der Waals surface area contributed by atoms with Crippen LogP contribution in [0.1, 0.15) is 29.7 Å². The summed E-state index contributed by atoms with van der Waals surface area (Å²) in [6.07, 6.45) is 3.62. The molecule has 1 aromatic heterocycles. The van der Waals surface area contributed by atoms with Gasteiger partial charge < -0.3 is 18.8 Å². The number of nitrogens with zero attached hydrogens (tertiary/aromatic N) is 2. The molecular weight excluding hydrogens is 480 g/mol. The average molecular weight is 513 g/mol. The summed E-state index contributed by atoms with van der Waals surface area (Å²) in [6.45, 7) is 2.33. The summed E-state index contributed by atoms with van der Waals surface area (Å²) in [5.74, 6) is 1.61. The molecule has 1 aliphatic rings. The maximum atomic E-state index is 13.5. The first-order valence-corrected chi connectivity index (χ1v) is 13.4. The van der Waals surface area contributed by atoms with Crippen molar-refractivity contribution in [3.8, 4) is 11.5 Å². The van der Waals surface area contributed by atoms with E-state index in [2.05, 4.69) is 0 Å². The van der Waals surface area contributed by atoms with Gasteiger partial charge in [-0.25, -0.2) is 8.42 Å². The predicted octanol–water partition coefficient (Wildman–Crippen LogP) is 4.03. The van der Waals surface area contributed by atoms with Crippen LogP contribution < -0.4 is 9.47 Å². The van der Waals surface area contributed by atoms with E-state index < -0.39 is 10.0 Å². The van der Waals surface area contributed by atoms with Gasteiger partial charge >= 0.3 is 0 Å². The summed E-state index contributed by atoms with van der Waals surface area (Å²) in [5, 5.41) is 0. The van der Waals surface area contributed by atoms with E-state index in [0.717, 1.165) is 24.0 Å². The second-order valence-electron chi connectivity index (χ2n) is 8.93. The fourth-order valence-electron chi connectivity index (χ4n) is 4.03. The van der Waals surface area contributed by atoms with E-state index in [0.29, 0.717) is 30.2 Å². The molecule has 36 heavy (non-hydrogen) atoms. The number of hydrogen-bond acceptors (Lipinski definition) is 6. The lowest BCUT2D eigenvalue weighted by Gasteiger charge is -2.27. The van der Waals surface area contributed by atoms with E-state index in [4.69, 9.17) is 13.9 Å². The molecule has 2 aromatic carbocycles. The Morgan fingerprint density at radius 1 is 1.03 bits per heavy atom. The topological polar surface area (TPSA) is 89.3 Å². The minimum Gasteiger partial charge on any atom is -0.493 e. The zero-order chi connectivity index (χ0) is 25.7. The van der Waals surface area contributed by atoms with Gasteiger partial charge in [0.25, 0.3) is 0 Å². The number of carbonyl (C=O) groups excluding carboxylic acids is 1. The van der Waals surface area contributed by atoms with Gasteiger partial charge in [-0.1, -0.05) is 23.8 Å². The van der Waals surface area contributed by atoms with Crippen molar-refractivity contribution >= 4 is 15.9 Å². The van der Waals surface area contributed by atoms with Crippen LogP contribution in [0.5, 0.6) is 11.5 Å². The van der Waals surface area contributed by atoms with Crippen LogP contribution in [-0.4, -0.2) is 56.9 Å². The summed E-state index contributed by atoms with van der Waals surface area (Å²) in [7, 11) is -0.637. The van der Waals surface area contributed by atoms with Crippen molar-refractivity contribution in [2.75, 3.05) is 27.3 Å². The van der Waals surface area contributed by atoms with Crippen LogP contribution in [0.4, 0.5) is 0 Å². The summed E-state index contributed by atoms with van der Waals surface area (Å²) >= 11 is 0. The lowest BCUT2D eigenvalue weighted by molar-refractivity contribution is -0.132. The summed E-state index contributed by atoms with van der Waals surface area (Å²) < 4.78 is 44.4.